The van der Waals surface area contributed by atoms with Gasteiger partial charge in [-0.05, 0) is 30.5 Å². The molecule has 1 amide bonds. The van der Waals surface area contributed by atoms with Crippen molar-refractivity contribution in [3.8, 4) is 0 Å². The van der Waals surface area contributed by atoms with Gasteiger partial charge in [-0.25, -0.2) is 0 Å². The zero-order chi connectivity index (χ0) is 13.2. The molecule has 0 aliphatic heterocycles. The first-order valence-corrected chi connectivity index (χ1v) is 7.00. The number of fused-ring (bicyclic) bond motifs is 1. The van der Waals surface area contributed by atoms with Gasteiger partial charge < -0.3 is 9.73 Å². The third-order valence-corrected chi connectivity index (χ3v) is 3.69. The molecule has 2 heterocycles. The Balaban J connectivity index is 1.80. The summed E-state index contributed by atoms with van der Waals surface area (Å²) in [6, 6.07) is 11.4. The van der Waals surface area contributed by atoms with Gasteiger partial charge in [0.1, 0.15) is 11.3 Å². The third kappa shape index (κ3) is 2.39. The minimum absolute atomic E-state index is 0.0748. The van der Waals surface area contributed by atoms with Gasteiger partial charge in [-0.3, -0.25) is 4.79 Å². The number of hydrogen-bond acceptors (Lipinski definition) is 3. The quantitative estimate of drug-likeness (QED) is 0.782. The van der Waals surface area contributed by atoms with Crippen molar-refractivity contribution in [1.82, 2.24) is 5.32 Å². The number of amides is 1. The number of hydrogen-bond donors (Lipinski definition) is 1. The zero-order valence-corrected chi connectivity index (χ0v) is 11.2. The van der Waals surface area contributed by atoms with Crippen LogP contribution in [0.5, 0.6) is 0 Å². The summed E-state index contributed by atoms with van der Waals surface area (Å²) in [6.45, 7) is 1.92. The lowest BCUT2D eigenvalue weighted by Gasteiger charge is -2.10. The summed E-state index contributed by atoms with van der Waals surface area (Å²) < 4.78 is 5.74. The van der Waals surface area contributed by atoms with E-state index in [0.717, 1.165) is 16.7 Å². The van der Waals surface area contributed by atoms with Crippen LogP contribution in [0.3, 0.4) is 0 Å². The minimum Gasteiger partial charge on any atom is -0.459 e. The number of carbonyl (C=O) groups is 1. The summed E-state index contributed by atoms with van der Waals surface area (Å²) in [6.07, 6.45) is 0. The topological polar surface area (TPSA) is 42.2 Å². The number of para-hydroxylation sites is 1. The van der Waals surface area contributed by atoms with E-state index >= 15 is 0 Å². The fourth-order valence-electron chi connectivity index (χ4n) is 1.96. The highest BCUT2D eigenvalue weighted by molar-refractivity contribution is 7.08. The fourth-order valence-corrected chi connectivity index (χ4v) is 2.60. The lowest BCUT2D eigenvalue weighted by atomic mass is 10.2. The maximum Gasteiger partial charge on any atom is 0.252 e. The van der Waals surface area contributed by atoms with E-state index in [1.807, 2.05) is 54.1 Å². The molecule has 1 aromatic carbocycles. The van der Waals surface area contributed by atoms with Gasteiger partial charge in [-0.1, -0.05) is 18.2 Å². The van der Waals surface area contributed by atoms with E-state index in [1.54, 1.807) is 0 Å². The number of nitrogens with one attached hydrogen (secondary N) is 1. The van der Waals surface area contributed by atoms with Crippen LogP contribution in [0.1, 0.15) is 29.1 Å². The first-order valence-electron chi connectivity index (χ1n) is 6.05. The summed E-state index contributed by atoms with van der Waals surface area (Å²) in [5, 5.41) is 7.71. The molecular formula is C15H13NO2S. The van der Waals surface area contributed by atoms with Crippen LogP contribution < -0.4 is 5.32 Å². The van der Waals surface area contributed by atoms with Crippen molar-refractivity contribution in [3.05, 3.63) is 58.5 Å². The van der Waals surface area contributed by atoms with Crippen LogP contribution in [-0.4, -0.2) is 5.91 Å². The molecule has 0 radical (unpaired) electrons. The average molecular weight is 271 g/mol. The standard InChI is InChI=1S/C15H13NO2S/c1-10(16-15(17)12-6-7-19-9-12)14-8-11-4-2-3-5-13(11)18-14/h2-10H,1H3,(H,16,17). The lowest BCUT2D eigenvalue weighted by molar-refractivity contribution is 0.0936. The number of furan rings is 1. The first kappa shape index (κ1) is 12.0. The maximum atomic E-state index is 12.0. The summed E-state index contributed by atoms with van der Waals surface area (Å²) in [7, 11) is 0. The number of benzene rings is 1. The Labute approximate surface area is 114 Å². The molecule has 0 spiro atoms. The Bertz CT molecular complexity index is 667. The molecule has 19 heavy (non-hydrogen) atoms. The van der Waals surface area contributed by atoms with Crippen molar-refractivity contribution in [3.63, 3.8) is 0 Å². The van der Waals surface area contributed by atoms with Crippen molar-refractivity contribution in [1.29, 1.82) is 0 Å². The zero-order valence-electron chi connectivity index (χ0n) is 10.4. The second-order valence-electron chi connectivity index (χ2n) is 4.39. The van der Waals surface area contributed by atoms with Crippen molar-refractivity contribution >= 4 is 28.2 Å². The van der Waals surface area contributed by atoms with Gasteiger partial charge in [0.15, 0.2) is 0 Å². The van der Waals surface area contributed by atoms with Crippen LogP contribution in [0.4, 0.5) is 0 Å². The number of thiophene rings is 1. The van der Waals surface area contributed by atoms with Gasteiger partial charge in [0, 0.05) is 10.8 Å². The normalized spacial score (nSPS) is 12.5. The highest BCUT2D eigenvalue weighted by atomic mass is 32.1. The van der Waals surface area contributed by atoms with E-state index in [-0.39, 0.29) is 11.9 Å². The predicted octanol–water partition coefficient (Wildman–Crippen LogP) is 3.99. The smallest absolute Gasteiger partial charge is 0.252 e. The molecule has 96 valence electrons. The van der Waals surface area contributed by atoms with Crippen LogP contribution in [-0.2, 0) is 0 Å². The molecule has 0 aliphatic rings. The van der Waals surface area contributed by atoms with Crippen LogP contribution >= 0.6 is 11.3 Å². The van der Waals surface area contributed by atoms with E-state index in [2.05, 4.69) is 5.32 Å². The second-order valence-corrected chi connectivity index (χ2v) is 5.17. The molecule has 4 heteroatoms. The van der Waals surface area contributed by atoms with E-state index in [0.29, 0.717) is 5.56 Å². The molecule has 0 aliphatic carbocycles. The van der Waals surface area contributed by atoms with E-state index in [9.17, 15) is 4.79 Å². The molecule has 0 saturated carbocycles. The van der Waals surface area contributed by atoms with Crippen molar-refractivity contribution in [2.75, 3.05) is 0 Å². The molecule has 3 nitrogen and oxygen atoms in total. The fraction of sp³-hybridized carbons (Fsp3) is 0.133. The van der Waals surface area contributed by atoms with Gasteiger partial charge in [0.25, 0.3) is 5.91 Å². The van der Waals surface area contributed by atoms with Crippen LogP contribution in [0.25, 0.3) is 11.0 Å². The molecule has 3 aromatic rings. The van der Waals surface area contributed by atoms with Gasteiger partial charge >= 0.3 is 0 Å². The highest BCUT2D eigenvalue weighted by Gasteiger charge is 2.15. The Kier molecular flexibility index (Phi) is 3.09. The van der Waals surface area contributed by atoms with Gasteiger partial charge in [-0.2, -0.15) is 11.3 Å². The Morgan fingerprint density at radius 2 is 2.16 bits per heavy atom. The molecule has 0 bridgehead atoms. The number of rotatable bonds is 3. The Morgan fingerprint density at radius 1 is 1.32 bits per heavy atom. The van der Waals surface area contributed by atoms with Crippen molar-refractivity contribution in [2.24, 2.45) is 0 Å². The summed E-state index contributed by atoms with van der Waals surface area (Å²) in [5.41, 5.74) is 1.53. The van der Waals surface area contributed by atoms with Crippen molar-refractivity contribution < 1.29 is 9.21 Å². The molecule has 1 unspecified atom stereocenters. The highest BCUT2D eigenvalue weighted by Crippen LogP contribution is 2.23. The van der Waals surface area contributed by atoms with Crippen LogP contribution in [0.2, 0.25) is 0 Å². The van der Waals surface area contributed by atoms with Crippen LogP contribution in [0, 0.1) is 0 Å². The monoisotopic (exact) mass is 271 g/mol. The van der Waals surface area contributed by atoms with E-state index in [1.165, 1.54) is 11.3 Å². The lowest BCUT2D eigenvalue weighted by Crippen LogP contribution is -2.25. The van der Waals surface area contributed by atoms with Gasteiger partial charge in [0.05, 0.1) is 11.6 Å². The molecule has 2 aromatic heterocycles. The largest absolute Gasteiger partial charge is 0.459 e. The molecule has 1 N–H and O–H groups in total. The Hall–Kier alpha value is -2.07. The van der Waals surface area contributed by atoms with Gasteiger partial charge in [-0.15, -0.1) is 0 Å². The molecular weight excluding hydrogens is 258 g/mol. The molecule has 1 atom stereocenters. The summed E-state index contributed by atoms with van der Waals surface area (Å²) in [5.74, 6) is 0.694. The molecule has 0 fully saturated rings. The number of carbonyl (C=O) groups excluding carboxylic acids is 1. The molecule has 0 saturated heterocycles. The first-order chi connectivity index (χ1) is 9.24. The maximum absolute atomic E-state index is 12.0. The third-order valence-electron chi connectivity index (χ3n) is 3.00. The second kappa shape index (κ2) is 4.90. The predicted molar refractivity (Wildman–Crippen MR) is 76.4 cm³/mol. The minimum atomic E-state index is -0.153. The van der Waals surface area contributed by atoms with E-state index in [4.69, 9.17) is 4.42 Å². The summed E-state index contributed by atoms with van der Waals surface area (Å²) in [4.78, 5) is 12.0. The van der Waals surface area contributed by atoms with Gasteiger partial charge in [0.2, 0.25) is 0 Å². The summed E-state index contributed by atoms with van der Waals surface area (Å²) >= 11 is 1.51. The average Bonchev–Trinajstić information content (AvgIpc) is 3.07. The van der Waals surface area contributed by atoms with E-state index < -0.39 is 0 Å². The Morgan fingerprint density at radius 3 is 2.89 bits per heavy atom. The van der Waals surface area contributed by atoms with Crippen LogP contribution in [0.15, 0.2) is 51.6 Å². The SMILES string of the molecule is CC(NC(=O)c1ccsc1)c1cc2ccccc2o1. The van der Waals surface area contributed by atoms with Crippen molar-refractivity contribution in [2.45, 2.75) is 13.0 Å². The molecule has 3 rings (SSSR count).